The maximum absolute atomic E-state index is 14.6. The van der Waals surface area contributed by atoms with E-state index >= 15 is 0 Å². The highest BCUT2D eigenvalue weighted by Crippen LogP contribution is 2.58. The molecule has 3 aliphatic rings. The first-order chi connectivity index (χ1) is 22.5. The van der Waals surface area contributed by atoms with E-state index in [1.807, 2.05) is 61.5 Å². The minimum atomic E-state index is -1.54. The van der Waals surface area contributed by atoms with Gasteiger partial charge in [-0.05, 0) is 49.7 Å². The highest BCUT2D eigenvalue weighted by atomic mass is 16.5. The van der Waals surface area contributed by atoms with Crippen molar-refractivity contribution in [1.29, 1.82) is 0 Å². The summed E-state index contributed by atoms with van der Waals surface area (Å²) in [6, 6.07) is 22.2. The lowest BCUT2D eigenvalue weighted by molar-refractivity contribution is -0.150. The van der Waals surface area contributed by atoms with Crippen LogP contribution in [0.4, 0.5) is 17.1 Å². The summed E-state index contributed by atoms with van der Waals surface area (Å²) in [4.78, 5) is 46.5. The first kappa shape index (κ1) is 32.4. The number of carbonyl (C=O) groups is 3. The topological polar surface area (TPSA) is 120 Å². The van der Waals surface area contributed by atoms with Crippen LogP contribution in [0.2, 0.25) is 0 Å². The third-order valence-corrected chi connectivity index (χ3v) is 9.56. The molecule has 6 rings (SSSR count). The average molecular weight is 640 g/mol. The maximum Gasteiger partial charge on any atom is 0.269 e. The fraction of sp³-hybridized carbons (Fsp3) is 0.378. The fourth-order valence-corrected chi connectivity index (χ4v) is 7.62. The second-order valence-electron chi connectivity index (χ2n) is 13.0. The van der Waals surface area contributed by atoms with Gasteiger partial charge in [-0.3, -0.25) is 19.3 Å². The molecule has 1 saturated heterocycles. The van der Waals surface area contributed by atoms with Gasteiger partial charge in [-0.2, -0.15) is 0 Å². The van der Waals surface area contributed by atoms with Gasteiger partial charge in [0.05, 0.1) is 36.1 Å². The molecule has 2 N–H and O–H groups in total. The number of aliphatic hydroxyl groups is 2. The summed E-state index contributed by atoms with van der Waals surface area (Å²) in [5.74, 6) is -1.44. The number of aliphatic hydroxyl groups excluding tert-OH is 1. The van der Waals surface area contributed by atoms with Gasteiger partial charge in [-0.15, -0.1) is 6.58 Å². The Morgan fingerprint density at radius 2 is 1.81 bits per heavy atom. The van der Waals surface area contributed by atoms with Gasteiger partial charge >= 0.3 is 0 Å². The summed E-state index contributed by atoms with van der Waals surface area (Å²) < 4.78 is 12.5. The summed E-state index contributed by atoms with van der Waals surface area (Å²) in [5, 5.41) is 21.3. The molecule has 10 heteroatoms. The first-order valence-electron chi connectivity index (χ1n) is 16.0. The normalized spacial score (nSPS) is 23.5. The smallest absolute Gasteiger partial charge is 0.269 e. The highest BCUT2D eigenvalue weighted by Gasteiger charge is 2.66. The second-order valence-corrected chi connectivity index (χ2v) is 13.0. The van der Waals surface area contributed by atoms with E-state index in [-0.39, 0.29) is 50.4 Å². The molecule has 0 aliphatic carbocycles. The van der Waals surface area contributed by atoms with E-state index in [0.29, 0.717) is 34.9 Å². The van der Waals surface area contributed by atoms with E-state index in [0.717, 1.165) is 5.56 Å². The minimum absolute atomic E-state index is 0.104. The molecular formula is C37H41N3O7. The predicted molar refractivity (Wildman–Crippen MR) is 177 cm³/mol. The number of benzene rings is 3. The number of ether oxygens (including phenoxy) is 2. The van der Waals surface area contributed by atoms with Gasteiger partial charge in [0.15, 0.2) is 12.2 Å². The predicted octanol–water partition coefficient (Wildman–Crippen LogP) is 4.30. The lowest BCUT2D eigenvalue weighted by atomic mass is 9.70. The Bertz CT molecular complexity index is 1690. The van der Waals surface area contributed by atoms with Crippen LogP contribution in [0, 0.1) is 11.8 Å². The minimum Gasteiger partial charge on any atom is -0.482 e. The van der Waals surface area contributed by atoms with E-state index in [2.05, 4.69) is 6.58 Å². The van der Waals surface area contributed by atoms with Gasteiger partial charge in [-0.1, -0.05) is 55.5 Å². The molecule has 0 unspecified atom stereocenters. The molecule has 3 heterocycles. The Kier molecular flexibility index (Phi) is 8.69. The Morgan fingerprint density at radius 3 is 2.51 bits per heavy atom. The monoisotopic (exact) mass is 639 g/mol. The number of rotatable bonds is 10. The van der Waals surface area contributed by atoms with Crippen LogP contribution in [0.3, 0.4) is 0 Å². The van der Waals surface area contributed by atoms with Crippen molar-refractivity contribution in [3.8, 4) is 5.75 Å². The molecule has 47 heavy (non-hydrogen) atoms. The number of hydrogen-bond donors (Lipinski definition) is 2. The fourth-order valence-electron chi connectivity index (χ4n) is 7.62. The highest BCUT2D eigenvalue weighted by molar-refractivity contribution is 6.10. The summed E-state index contributed by atoms with van der Waals surface area (Å²) in [7, 11) is 0. The van der Waals surface area contributed by atoms with Crippen LogP contribution in [0.25, 0.3) is 0 Å². The molecule has 3 amide bonds. The van der Waals surface area contributed by atoms with Crippen LogP contribution in [0.5, 0.6) is 5.75 Å². The van der Waals surface area contributed by atoms with Gasteiger partial charge < -0.3 is 29.5 Å². The Balaban J connectivity index is 1.41. The van der Waals surface area contributed by atoms with E-state index in [9.17, 15) is 24.6 Å². The number of carbonyl (C=O) groups excluding carboxylic acids is 3. The van der Waals surface area contributed by atoms with Crippen molar-refractivity contribution in [2.45, 2.75) is 51.0 Å². The molecule has 3 aliphatic heterocycles. The van der Waals surface area contributed by atoms with Crippen LogP contribution >= 0.6 is 0 Å². The van der Waals surface area contributed by atoms with Gasteiger partial charge in [0.2, 0.25) is 5.91 Å². The number of fused-ring (bicyclic) bond motifs is 3. The molecule has 3 aromatic carbocycles. The standard InChI is InChI=1S/C37H41N3O7/c1-5-17-39-28-16-15-26(40-29-13-9-10-14-30(29)46-23-33(40)43)20-27(28)37(35(39)44)24(2)34(36(3,4)45)31(47-37)21-32(42)38(18-19-41)22-25-11-7-6-8-12-25/h5-16,20,24,31,34,41,45H,1,17-19,21-23H2,2-4H3/t24-,31+,34-,37+/m1/s1. The number of para-hydroxylation sites is 2. The van der Waals surface area contributed by atoms with Gasteiger partial charge in [-0.25, -0.2) is 0 Å². The van der Waals surface area contributed by atoms with Crippen LogP contribution in [-0.2, 0) is 31.3 Å². The van der Waals surface area contributed by atoms with Crippen LogP contribution in [0.1, 0.15) is 38.3 Å². The quantitative estimate of drug-likeness (QED) is 0.318. The molecule has 1 fully saturated rings. The van der Waals surface area contributed by atoms with Crippen molar-refractivity contribution in [3.05, 3.63) is 96.6 Å². The van der Waals surface area contributed by atoms with Gasteiger partial charge in [0, 0.05) is 42.7 Å². The summed E-state index contributed by atoms with van der Waals surface area (Å²) in [6.45, 7) is 9.38. The van der Waals surface area contributed by atoms with Crippen molar-refractivity contribution in [2.24, 2.45) is 11.8 Å². The number of hydrogen-bond acceptors (Lipinski definition) is 7. The average Bonchev–Trinajstić information content (AvgIpc) is 3.47. The van der Waals surface area contributed by atoms with Crippen molar-refractivity contribution in [1.82, 2.24) is 4.90 Å². The van der Waals surface area contributed by atoms with Crippen molar-refractivity contribution < 1.29 is 34.1 Å². The zero-order valence-corrected chi connectivity index (χ0v) is 27.0. The SMILES string of the molecule is C=CCN1C(=O)[C@@]2(O[C@@H](CC(=O)N(CCO)Cc3ccccc3)[C@H](C(C)(C)O)[C@H]2C)c2cc(N3C(=O)COc4ccccc43)ccc21. The molecule has 0 radical (unpaired) electrons. The first-order valence-corrected chi connectivity index (χ1v) is 16.0. The molecule has 246 valence electrons. The van der Waals surface area contributed by atoms with Crippen LogP contribution in [0.15, 0.2) is 85.5 Å². The number of anilines is 3. The number of amides is 3. The summed E-state index contributed by atoms with van der Waals surface area (Å²) in [6.07, 6.45) is 0.706. The van der Waals surface area contributed by atoms with E-state index in [1.54, 1.807) is 52.8 Å². The summed E-state index contributed by atoms with van der Waals surface area (Å²) >= 11 is 0. The van der Waals surface area contributed by atoms with E-state index < -0.39 is 29.1 Å². The largest absolute Gasteiger partial charge is 0.482 e. The number of nitrogens with zero attached hydrogens (tertiary/aromatic N) is 3. The molecule has 0 aromatic heterocycles. The van der Waals surface area contributed by atoms with Gasteiger partial charge in [0.25, 0.3) is 11.8 Å². The Labute approximate surface area is 274 Å². The van der Waals surface area contributed by atoms with Crippen LogP contribution < -0.4 is 14.5 Å². The summed E-state index contributed by atoms with van der Waals surface area (Å²) in [5.41, 5.74) is 0.365. The second kappa shape index (κ2) is 12.6. The zero-order chi connectivity index (χ0) is 33.5. The lowest BCUT2D eigenvalue weighted by Crippen LogP contribution is -2.46. The van der Waals surface area contributed by atoms with E-state index in [4.69, 9.17) is 9.47 Å². The van der Waals surface area contributed by atoms with Gasteiger partial charge in [0.1, 0.15) is 5.75 Å². The molecule has 0 bridgehead atoms. The molecule has 10 nitrogen and oxygen atoms in total. The van der Waals surface area contributed by atoms with Crippen LogP contribution in [-0.4, -0.2) is 70.8 Å². The molecule has 3 aromatic rings. The van der Waals surface area contributed by atoms with E-state index in [1.165, 1.54) is 0 Å². The zero-order valence-electron chi connectivity index (χ0n) is 27.0. The molecule has 1 spiro atoms. The third-order valence-electron chi connectivity index (χ3n) is 9.56. The van der Waals surface area contributed by atoms with Crippen molar-refractivity contribution >= 4 is 34.8 Å². The molecule has 0 saturated carbocycles. The molecule has 4 atom stereocenters. The lowest BCUT2D eigenvalue weighted by Gasteiger charge is -2.34. The Morgan fingerprint density at radius 1 is 1.09 bits per heavy atom. The van der Waals surface area contributed by atoms with Crippen molar-refractivity contribution in [2.75, 3.05) is 36.1 Å². The maximum atomic E-state index is 14.6. The third kappa shape index (κ3) is 5.60. The molecular weight excluding hydrogens is 598 g/mol. The van der Waals surface area contributed by atoms with Crippen molar-refractivity contribution in [3.63, 3.8) is 0 Å². The Hall–Kier alpha value is -4.51.